The number of hydrogen-bond donors (Lipinski definition) is 0. The Morgan fingerprint density at radius 3 is 1.96 bits per heavy atom. The average Bonchev–Trinajstić information content (AvgIpc) is 3.76. The number of thiophene rings is 1. The lowest BCUT2D eigenvalue weighted by Crippen LogP contribution is -1.96. The van der Waals surface area contributed by atoms with Gasteiger partial charge in [0.25, 0.3) is 0 Å². The van der Waals surface area contributed by atoms with Crippen LogP contribution in [0.3, 0.4) is 0 Å². The highest BCUT2D eigenvalue weighted by Gasteiger charge is 2.17. The van der Waals surface area contributed by atoms with Crippen LogP contribution < -0.4 is 0 Å². The predicted molar refractivity (Wildman–Crippen MR) is 221 cm³/mol. The third kappa shape index (κ3) is 4.51. The minimum Gasteiger partial charge on any atom is -0.309 e. The normalized spacial score (nSPS) is 11.8. The number of rotatable bonds is 4. The number of aromatic nitrogens is 3. The molecule has 0 radical (unpaired) electrons. The molecule has 0 saturated heterocycles. The lowest BCUT2D eigenvalue weighted by atomic mass is 9.97. The molecule has 3 nitrogen and oxygen atoms in total. The molecule has 0 saturated carbocycles. The molecule has 0 atom stereocenters. The van der Waals surface area contributed by atoms with Crippen LogP contribution in [0.4, 0.5) is 0 Å². The second-order valence-corrected chi connectivity index (χ2v) is 14.5. The van der Waals surface area contributed by atoms with Crippen molar-refractivity contribution in [3.63, 3.8) is 0 Å². The topological polar surface area (TPSA) is 30.7 Å². The number of fused-ring (bicyclic) bond motifs is 9. The van der Waals surface area contributed by atoms with E-state index in [1.54, 1.807) is 0 Å². The number of benzene rings is 8. The lowest BCUT2D eigenvalue weighted by molar-refractivity contribution is 1.18. The highest BCUT2D eigenvalue weighted by Crippen LogP contribution is 2.40. The quantitative estimate of drug-likeness (QED) is 0.185. The third-order valence-corrected chi connectivity index (χ3v) is 11.5. The van der Waals surface area contributed by atoms with Gasteiger partial charge in [0.15, 0.2) is 5.82 Å². The Bertz CT molecular complexity index is 3170. The molecule has 0 unspecified atom stereocenters. The minimum atomic E-state index is 0.717. The standard InChI is InChI=1S/C48H29N3S/c1-2-10-35(11-3-1)51-42-16-8-5-12-36(42)37-26-24-34(29-43(37)51)47-38-13-4-7-15-41(38)49-48(50-47)32-21-18-30(19-22-32)33-23-20-31-25-27-45-46(40(31)28-33)39-14-6-9-17-44(39)52-45/h1-29H. The van der Waals surface area contributed by atoms with Crippen LogP contribution in [0.5, 0.6) is 0 Å². The van der Waals surface area contributed by atoms with Gasteiger partial charge in [0, 0.05) is 53.1 Å². The smallest absolute Gasteiger partial charge is 0.160 e. The summed E-state index contributed by atoms with van der Waals surface area (Å²) < 4.78 is 5.01. The number of nitrogens with zero attached hydrogens (tertiary/aromatic N) is 3. The number of para-hydroxylation sites is 3. The molecule has 0 fully saturated rings. The van der Waals surface area contributed by atoms with Crippen LogP contribution in [0.25, 0.3) is 103 Å². The Labute approximate surface area is 303 Å². The first-order valence-corrected chi connectivity index (χ1v) is 18.4. The zero-order valence-electron chi connectivity index (χ0n) is 28.0. The molecule has 0 amide bonds. The molecule has 0 aliphatic rings. The van der Waals surface area contributed by atoms with Gasteiger partial charge in [-0.05, 0) is 70.4 Å². The molecule has 0 aliphatic heterocycles. The largest absolute Gasteiger partial charge is 0.309 e. The summed E-state index contributed by atoms with van der Waals surface area (Å²) in [5.41, 5.74) is 9.75. The van der Waals surface area contributed by atoms with Gasteiger partial charge in [-0.15, -0.1) is 11.3 Å². The first kappa shape index (κ1) is 29.1. The fraction of sp³-hybridized carbons (Fsp3) is 0. The first-order chi connectivity index (χ1) is 25.8. The molecular formula is C48H29N3S. The molecule has 0 spiro atoms. The summed E-state index contributed by atoms with van der Waals surface area (Å²) in [5.74, 6) is 0.717. The van der Waals surface area contributed by atoms with Crippen LogP contribution in [0, 0.1) is 0 Å². The van der Waals surface area contributed by atoms with Crippen LogP contribution >= 0.6 is 11.3 Å². The van der Waals surface area contributed by atoms with E-state index < -0.39 is 0 Å². The van der Waals surface area contributed by atoms with Crippen molar-refractivity contribution in [2.45, 2.75) is 0 Å². The van der Waals surface area contributed by atoms with E-state index in [9.17, 15) is 0 Å². The summed E-state index contributed by atoms with van der Waals surface area (Å²) in [6, 6.07) is 63.1. The Hall–Kier alpha value is -6.62. The molecule has 8 aromatic carbocycles. The molecule has 0 bridgehead atoms. The van der Waals surface area contributed by atoms with Gasteiger partial charge in [-0.1, -0.05) is 127 Å². The second-order valence-electron chi connectivity index (χ2n) is 13.4. The van der Waals surface area contributed by atoms with Gasteiger partial charge in [0.05, 0.1) is 22.2 Å². The fourth-order valence-corrected chi connectivity index (χ4v) is 9.05. The molecule has 3 heterocycles. The summed E-state index contributed by atoms with van der Waals surface area (Å²) in [7, 11) is 0. The zero-order valence-corrected chi connectivity index (χ0v) is 28.8. The summed E-state index contributed by atoms with van der Waals surface area (Å²) in [6.45, 7) is 0. The van der Waals surface area contributed by atoms with E-state index in [4.69, 9.17) is 9.97 Å². The summed E-state index contributed by atoms with van der Waals surface area (Å²) in [6.07, 6.45) is 0. The van der Waals surface area contributed by atoms with E-state index in [0.717, 1.165) is 38.9 Å². The van der Waals surface area contributed by atoms with E-state index in [1.807, 2.05) is 11.3 Å². The molecule has 11 aromatic rings. The van der Waals surface area contributed by atoms with Gasteiger partial charge in [0.2, 0.25) is 0 Å². The zero-order chi connectivity index (χ0) is 34.2. The van der Waals surface area contributed by atoms with Crippen molar-refractivity contribution >= 4 is 75.0 Å². The van der Waals surface area contributed by atoms with Crippen molar-refractivity contribution in [3.05, 3.63) is 176 Å². The maximum Gasteiger partial charge on any atom is 0.160 e. The summed E-state index contributed by atoms with van der Waals surface area (Å²) in [4.78, 5) is 10.4. The molecule has 242 valence electrons. The van der Waals surface area contributed by atoms with E-state index in [-0.39, 0.29) is 0 Å². The van der Waals surface area contributed by atoms with Crippen LogP contribution in [-0.2, 0) is 0 Å². The van der Waals surface area contributed by atoms with Gasteiger partial charge in [-0.2, -0.15) is 0 Å². The van der Waals surface area contributed by atoms with Crippen LogP contribution in [-0.4, -0.2) is 14.5 Å². The molecule has 11 rings (SSSR count). The van der Waals surface area contributed by atoms with Crippen molar-refractivity contribution in [1.82, 2.24) is 14.5 Å². The molecular weight excluding hydrogens is 651 g/mol. The van der Waals surface area contributed by atoms with Gasteiger partial charge >= 0.3 is 0 Å². The predicted octanol–water partition coefficient (Wildman–Crippen LogP) is 13.2. The summed E-state index contributed by atoms with van der Waals surface area (Å²) in [5, 5.41) is 8.72. The number of hydrogen-bond acceptors (Lipinski definition) is 3. The minimum absolute atomic E-state index is 0.717. The van der Waals surface area contributed by atoms with Crippen molar-refractivity contribution < 1.29 is 0 Å². The highest BCUT2D eigenvalue weighted by molar-refractivity contribution is 7.26. The SMILES string of the molecule is c1ccc(-n2c3ccccc3c3ccc(-c4nc(-c5ccc(-c6ccc7ccc8sc9ccccc9c8c7c6)cc5)nc5ccccc45)cc32)cc1. The van der Waals surface area contributed by atoms with Crippen molar-refractivity contribution in [2.24, 2.45) is 0 Å². The lowest BCUT2D eigenvalue weighted by Gasteiger charge is -2.12. The Morgan fingerprint density at radius 2 is 1.08 bits per heavy atom. The van der Waals surface area contributed by atoms with E-state index >= 15 is 0 Å². The monoisotopic (exact) mass is 679 g/mol. The molecule has 52 heavy (non-hydrogen) atoms. The van der Waals surface area contributed by atoms with Crippen LogP contribution in [0.15, 0.2) is 176 Å². The van der Waals surface area contributed by atoms with Crippen molar-refractivity contribution in [3.8, 4) is 39.5 Å². The Morgan fingerprint density at radius 1 is 0.404 bits per heavy atom. The molecule has 3 aromatic heterocycles. The average molecular weight is 680 g/mol. The first-order valence-electron chi connectivity index (χ1n) is 17.6. The van der Waals surface area contributed by atoms with E-state index in [0.29, 0.717) is 5.82 Å². The molecule has 0 N–H and O–H groups in total. The van der Waals surface area contributed by atoms with Crippen LogP contribution in [0.2, 0.25) is 0 Å². The maximum atomic E-state index is 5.29. The molecule has 0 aliphatic carbocycles. The Kier molecular flexibility index (Phi) is 6.42. The van der Waals surface area contributed by atoms with Crippen molar-refractivity contribution in [1.29, 1.82) is 0 Å². The highest BCUT2D eigenvalue weighted by atomic mass is 32.1. The second kappa shape index (κ2) is 11.5. The Balaban J connectivity index is 1.03. The van der Waals surface area contributed by atoms with Gasteiger partial charge < -0.3 is 4.57 Å². The summed E-state index contributed by atoms with van der Waals surface area (Å²) >= 11 is 1.86. The van der Waals surface area contributed by atoms with Crippen LogP contribution in [0.1, 0.15) is 0 Å². The van der Waals surface area contributed by atoms with E-state index in [2.05, 4.69) is 180 Å². The fourth-order valence-electron chi connectivity index (χ4n) is 7.93. The van der Waals surface area contributed by atoms with E-state index in [1.165, 1.54) is 58.4 Å². The maximum absolute atomic E-state index is 5.29. The third-order valence-electron chi connectivity index (χ3n) is 10.4. The van der Waals surface area contributed by atoms with Gasteiger partial charge in [-0.3, -0.25) is 0 Å². The van der Waals surface area contributed by atoms with Gasteiger partial charge in [0.1, 0.15) is 0 Å². The molecule has 4 heteroatoms. The van der Waals surface area contributed by atoms with Crippen molar-refractivity contribution in [2.75, 3.05) is 0 Å². The van der Waals surface area contributed by atoms with Gasteiger partial charge in [-0.25, -0.2) is 9.97 Å².